The molecule has 184 valence electrons. The van der Waals surface area contributed by atoms with Crippen LogP contribution < -0.4 is 19.7 Å². The first kappa shape index (κ1) is 26.2. The minimum Gasteiger partial charge on any atom is -0.493 e. The molecule has 1 saturated heterocycles. The molecule has 4 amide bonds. The van der Waals surface area contributed by atoms with E-state index in [1.54, 1.807) is 31.2 Å². The Hall–Kier alpha value is -2.89. The van der Waals surface area contributed by atoms with Crippen LogP contribution in [0.4, 0.5) is 10.5 Å². The number of aryl methyl sites for hydroxylation is 1. The monoisotopic (exact) mass is 680 g/mol. The fourth-order valence-electron chi connectivity index (χ4n) is 3.44. The van der Waals surface area contributed by atoms with Crippen molar-refractivity contribution in [2.75, 3.05) is 12.0 Å². The highest BCUT2D eigenvalue weighted by Crippen LogP contribution is 2.36. The van der Waals surface area contributed by atoms with Crippen LogP contribution >= 0.6 is 50.1 Å². The van der Waals surface area contributed by atoms with Crippen LogP contribution in [0, 0.1) is 10.5 Å². The summed E-state index contributed by atoms with van der Waals surface area (Å²) in [7, 11) is 1.50. The van der Waals surface area contributed by atoms with Gasteiger partial charge in [0.1, 0.15) is 12.2 Å². The Kier molecular flexibility index (Phi) is 8.01. The molecule has 36 heavy (non-hydrogen) atoms. The first-order chi connectivity index (χ1) is 17.2. The summed E-state index contributed by atoms with van der Waals surface area (Å²) in [5.74, 6) is -0.675. The van der Waals surface area contributed by atoms with E-state index in [4.69, 9.17) is 21.1 Å². The second kappa shape index (κ2) is 11.0. The fraction of sp³-hybridized carbons (Fsp3) is 0.115. The van der Waals surface area contributed by atoms with Crippen LogP contribution in [-0.2, 0) is 16.2 Å². The number of benzene rings is 3. The number of hydrogen-bond acceptors (Lipinski definition) is 5. The van der Waals surface area contributed by atoms with Crippen LogP contribution in [0.2, 0.25) is 5.02 Å². The lowest BCUT2D eigenvalue weighted by Gasteiger charge is -2.26. The van der Waals surface area contributed by atoms with Crippen LogP contribution in [0.1, 0.15) is 16.7 Å². The Bertz CT molecular complexity index is 1410. The summed E-state index contributed by atoms with van der Waals surface area (Å²) in [6.45, 7) is 2.13. The molecule has 0 unspecified atom stereocenters. The van der Waals surface area contributed by atoms with E-state index >= 15 is 0 Å². The zero-order valence-corrected chi connectivity index (χ0v) is 23.6. The maximum absolute atomic E-state index is 13.2. The quantitative estimate of drug-likeness (QED) is 0.189. The number of amides is 4. The van der Waals surface area contributed by atoms with Crippen molar-refractivity contribution >= 4 is 79.7 Å². The minimum absolute atomic E-state index is 0.221. The average Bonchev–Trinajstić information content (AvgIpc) is 2.84. The molecule has 1 aliphatic rings. The number of ether oxygens (including phenoxy) is 2. The highest BCUT2D eigenvalue weighted by atomic mass is 127. The summed E-state index contributed by atoms with van der Waals surface area (Å²) >= 11 is 11.9. The number of carbonyl (C=O) groups is 3. The summed E-state index contributed by atoms with van der Waals surface area (Å²) in [5, 5.41) is 2.60. The van der Waals surface area contributed by atoms with Gasteiger partial charge in [-0.2, -0.15) is 0 Å². The van der Waals surface area contributed by atoms with E-state index in [1.165, 1.54) is 19.3 Å². The minimum atomic E-state index is -0.849. The number of nitrogens with one attached hydrogen (secondary N) is 1. The highest BCUT2D eigenvalue weighted by molar-refractivity contribution is 14.1. The summed E-state index contributed by atoms with van der Waals surface area (Å²) in [6, 6.07) is 15.2. The number of carbonyl (C=O) groups excluding carboxylic acids is 3. The van der Waals surface area contributed by atoms with Crippen LogP contribution in [0.25, 0.3) is 6.08 Å². The molecule has 1 aliphatic heterocycles. The molecule has 3 aromatic carbocycles. The molecule has 1 heterocycles. The van der Waals surface area contributed by atoms with Gasteiger partial charge in [0.25, 0.3) is 11.8 Å². The Labute approximate surface area is 234 Å². The van der Waals surface area contributed by atoms with E-state index < -0.39 is 17.8 Å². The van der Waals surface area contributed by atoms with Crippen molar-refractivity contribution in [1.82, 2.24) is 5.32 Å². The predicted octanol–water partition coefficient (Wildman–Crippen LogP) is 6.27. The van der Waals surface area contributed by atoms with E-state index in [-0.39, 0.29) is 11.3 Å². The smallest absolute Gasteiger partial charge is 0.335 e. The number of urea groups is 1. The molecular formula is C26H19BrClIN2O5. The lowest BCUT2D eigenvalue weighted by molar-refractivity contribution is -0.122. The first-order valence-corrected chi connectivity index (χ1v) is 12.9. The molecule has 0 bridgehead atoms. The molecule has 0 aliphatic carbocycles. The van der Waals surface area contributed by atoms with Gasteiger partial charge in [0.15, 0.2) is 11.5 Å². The Morgan fingerprint density at radius 3 is 2.44 bits per heavy atom. The summed E-state index contributed by atoms with van der Waals surface area (Å²) < 4.78 is 13.1. The van der Waals surface area contributed by atoms with Gasteiger partial charge < -0.3 is 9.47 Å². The summed E-state index contributed by atoms with van der Waals surface area (Å²) in [4.78, 5) is 39.2. The van der Waals surface area contributed by atoms with Gasteiger partial charge in [-0.3, -0.25) is 14.9 Å². The van der Waals surface area contributed by atoms with Gasteiger partial charge in [0.2, 0.25) is 0 Å². The number of methoxy groups -OCH3 is 1. The molecule has 0 saturated carbocycles. The van der Waals surface area contributed by atoms with Gasteiger partial charge in [0.05, 0.1) is 12.8 Å². The topological polar surface area (TPSA) is 84.9 Å². The molecule has 1 N–H and O–H groups in total. The molecule has 0 aromatic heterocycles. The van der Waals surface area contributed by atoms with Crippen LogP contribution in [0.3, 0.4) is 0 Å². The first-order valence-electron chi connectivity index (χ1n) is 10.6. The van der Waals surface area contributed by atoms with E-state index in [1.807, 2.05) is 24.3 Å². The second-order valence-electron chi connectivity index (χ2n) is 7.83. The zero-order chi connectivity index (χ0) is 26.0. The van der Waals surface area contributed by atoms with E-state index in [2.05, 4.69) is 43.8 Å². The van der Waals surface area contributed by atoms with Crippen LogP contribution in [0.5, 0.6) is 11.5 Å². The van der Waals surface area contributed by atoms with E-state index in [9.17, 15) is 14.4 Å². The third kappa shape index (κ3) is 5.58. The van der Waals surface area contributed by atoms with Crippen LogP contribution in [-0.4, -0.2) is 25.0 Å². The SMILES string of the molecule is COc1cc(/C=C2/C(=O)NC(=O)N(c3ccc(C)c(Cl)c3)C2=O)c(Br)cc1OCc1ccc(I)cc1. The Balaban J connectivity index is 1.64. The third-order valence-corrected chi connectivity index (χ3v) is 7.22. The maximum Gasteiger partial charge on any atom is 0.335 e. The normalized spacial score (nSPS) is 14.8. The molecule has 4 rings (SSSR count). The van der Waals surface area contributed by atoms with E-state index in [0.717, 1.165) is 19.6 Å². The standard InChI is InChI=1S/C26H19BrClIN2O5/c1-14-3-8-18(11-21(14)28)31-25(33)19(24(32)30-26(31)34)9-16-10-22(35-2)23(12-20(16)27)36-13-15-4-6-17(29)7-5-15/h3-12H,13H2,1-2H3,(H,30,32,34)/b19-9-. The number of nitrogens with zero attached hydrogens (tertiary/aromatic N) is 1. The third-order valence-electron chi connectivity index (χ3n) is 5.41. The Morgan fingerprint density at radius 2 is 1.78 bits per heavy atom. The molecule has 1 fully saturated rings. The second-order valence-corrected chi connectivity index (χ2v) is 10.3. The number of rotatable bonds is 6. The predicted molar refractivity (Wildman–Crippen MR) is 149 cm³/mol. The number of anilines is 1. The number of halogens is 3. The van der Waals surface area contributed by atoms with Gasteiger partial charge >= 0.3 is 6.03 Å². The van der Waals surface area contributed by atoms with Crippen molar-refractivity contribution in [1.29, 1.82) is 0 Å². The molecule has 0 spiro atoms. The van der Waals surface area contributed by atoms with E-state index in [0.29, 0.717) is 33.2 Å². The van der Waals surface area contributed by atoms with Gasteiger partial charge in [0, 0.05) is 13.1 Å². The molecule has 3 aromatic rings. The van der Waals surface area contributed by atoms with Crippen molar-refractivity contribution < 1.29 is 23.9 Å². The lowest BCUT2D eigenvalue weighted by atomic mass is 10.1. The fourth-order valence-corrected chi connectivity index (χ4v) is 4.42. The molecule has 0 atom stereocenters. The molecule has 0 radical (unpaired) electrons. The van der Waals surface area contributed by atoms with Gasteiger partial charge in [-0.05, 0) is 88.7 Å². The summed E-state index contributed by atoms with van der Waals surface area (Å²) in [5.41, 5.74) is 2.30. The van der Waals surface area contributed by atoms with Crippen molar-refractivity contribution in [3.05, 3.63) is 89.9 Å². The maximum atomic E-state index is 13.2. The van der Waals surface area contributed by atoms with Gasteiger partial charge in [-0.15, -0.1) is 0 Å². The largest absolute Gasteiger partial charge is 0.493 e. The Morgan fingerprint density at radius 1 is 1.06 bits per heavy atom. The number of barbiturate groups is 1. The van der Waals surface area contributed by atoms with Crippen LogP contribution in [0.15, 0.2) is 64.6 Å². The van der Waals surface area contributed by atoms with Crippen molar-refractivity contribution in [3.8, 4) is 11.5 Å². The van der Waals surface area contributed by atoms with Gasteiger partial charge in [-0.1, -0.05) is 45.7 Å². The van der Waals surface area contributed by atoms with Crippen molar-refractivity contribution in [3.63, 3.8) is 0 Å². The number of imide groups is 2. The van der Waals surface area contributed by atoms with Crippen molar-refractivity contribution in [2.45, 2.75) is 13.5 Å². The summed E-state index contributed by atoms with van der Waals surface area (Å²) in [6.07, 6.45) is 1.39. The zero-order valence-electron chi connectivity index (χ0n) is 19.1. The number of hydrogen-bond donors (Lipinski definition) is 1. The lowest BCUT2D eigenvalue weighted by Crippen LogP contribution is -2.54. The highest BCUT2D eigenvalue weighted by Gasteiger charge is 2.37. The molecular weight excluding hydrogens is 663 g/mol. The molecule has 7 nitrogen and oxygen atoms in total. The van der Waals surface area contributed by atoms with Gasteiger partial charge in [-0.25, -0.2) is 9.69 Å². The molecule has 10 heteroatoms. The average molecular weight is 682 g/mol. The van der Waals surface area contributed by atoms with Crippen molar-refractivity contribution in [2.24, 2.45) is 0 Å².